The van der Waals surface area contributed by atoms with Crippen LogP contribution in [0.3, 0.4) is 0 Å². The Hall–Kier alpha value is -3.10. The van der Waals surface area contributed by atoms with Crippen LogP contribution in [0, 0.1) is 6.92 Å². The van der Waals surface area contributed by atoms with Gasteiger partial charge in [0, 0.05) is 36.6 Å². The van der Waals surface area contributed by atoms with Gasteiger partial charge in [0.2, 0.25) is 0 Å². The standard InChI is InChI=1S/C25H17NS/c1-16-7-6-8-17(15-16)26-21-11-4-2-9-18(21)19-13-14-23-24(25(19)26)20-10-3-5-12-22(20)27-23/h2-15H,1H3. The number of fused-ring (bicyclic) bond motifs is 7. The van der Waals surface area contributed by atoms with Crippen molar-refractivity contribution < 1.29 is 0 Å². The molecule has 4 aromatic carbocycles. The molecule has 0 aliphatic heterocycles. The minimum atomic E-state index is 1.23. The zero-order chi connectivity index (χ0) is 18.0. The van der Waals surface area contributed by atoms with Gasteiger partial charge >= 0.3 is 0 Å². The molecular weight excluding hydrogens is 346 g/mol. The van der Waals surface area contributed by atoms with Gasteiger partial charge in [-0.3, -0.25) is 0 Å². The highest BCUT2D eigenvalue weighted by atomic mass is 32.1. The summed E-state index contributed by atoms with van der Waals surface area (Å²) in [6.45, 7) is 2.16. The number of benzene rings is 4. The molecule has 1 nitrogen and oxygen atoms in total. The summed E-state index contributed by atoms with van der Waals surface area (Å²) in [6, 6.07) is 30.9. The number of nitrogens with zero attached hydrogens (tertiary/aromatic N) is 1. The normalized spacial score (nSPS) is 11.9. The van der Waals surface area contributed by atoms with Crippen molar-refractivity contribution in [2.45, 2.75) is 6.92 Å². The second kappa shape index (κ2) is 5.45. The van der Waals surface area contributed by atoms with Gasteiger partial charge in [0.1, 0.15) is 0 Å². The Balaban J connectivity index is 1.94. The van der Waals surface area contributed by atoms with Gasteiger partial charge in [0.05, 0.1) is 11.0 Å². The van der Waals surface area contributed by atoms with Crippen molar-refractivity contribution in [3.8, 4) is 5.69 Å². The first-order chi connectivity index (χ1) is 13.3. The summed E-state index contributed by atoms with van der Waals surface area (Å²) < 4.78 is 5.14. The zero-order valence-corrected chi connectivity index (χ0v) is 15.8. The van der Waals surface area contributed by atoms with Gasteiger partial charge in [0.25, 0.3) is 0 Å². The van der Waals surface area contributed by atoms with E-state index in [-0.39, 0.29) is 0 Å². The monoisotopic (exact) mass is 363 g/mol. The van der Waals surface area contributed by atoms with Crippen molar-refractivity contribution in [2.75, 3.05) is 0 Å². The molecule has 0 N–H and O–H groups in total. The number of aromatic nitrogens is 1. The van der Waals surface area contributed by atoms with Gasteiger partial charge < -0.3 is 4.57 Å². The van der Waals surface area contributed by atoms with Gasteiger partial charge in [-0.25, -0.2) is 0 Å². The molecule has 0 radical (unpaired) electrons. The SMILES string of the molecule is Cc1cccc(-n2c3ccccc3c3ccc4sc5ccccc5c4c32)c1. The third kappa shape index (κ3) is 2.05. The highest BCUT2D eigenvalue weighted by Crippen LogP contribution is 2.42. The molecule has 2 aromatic heterocycles. The average molecular weight is 363 g/mol. The fourth-order valence-electron chi connectivity index (χ4n) is 4.30. The van der Waals surface area contributed by atoms with Crippen molar-refractivity contribution in [3.05, 3.63) is 90.5 Å². The third-order valence-corrected chi connectivity index (χ3v) is 6.57. The Morgan fingerprint density at radius 2 is 1.48 bits per heavy atom. The van der Waals surface area contributed by atoms with E-state index in [2.05, 4.69) is 96.4 Å². The second-order valence-corrected chi connectivity index (χ2v) is 8.21. The number of hydrogen-bond acceptors (Lipinski definition) is 1. The predicted octanol–water partition coefficient (Wildman–Crippen LogP) is 7.46. The molecule has 6 rings (SSSR count). The summed E-state index contributed by atoms with van der Waals surface area (Å²) in [7, 11) is 0. The maximum atomic E-state index is 2.44. The fraction of sp³-hybridized carbons (Fsp3) is 0.0400. The van der Waals surface area contributed by atoms with Crippen LogP contribution in [-0.2, 0) is 0 Å². The van der Waals surface area contributed by atoms with Crippen LogP contribution in [-0.4, -0.2) is 4.57 Å². The van der Waals surface area contributed by atoms with Gasteiger partial charge in [-0.2, -0.15) is 0 Å². The average Bonchev–Trinajstić information content (AvgIpc) is 3.23. The Morgan fingerprint density at radius 3 is 2.37 bits per heavy atom. The molecule has 27 heavy (non-hydrogen) atoms. The van der Waals surface area contributed by atoms with E-state index in [9.17, 15) is 0 Å². The van der Waals surface area contributed by atoms with Gasteiger partial charge in [-0.15, -0.1) is 11.3 Å². The number of aryl methyl sites for hydroxylation is 1. The number of thiophene rings is 1. The minimum Gasteiger partial charge on any atom is -0.309 e. The van der Waals surface area contributed by atoms with Crippen molar-refractivity contribution >= 4 is 53.3 Å². The molecular formula is C25H17NS. The van der Waals surface area contributed by atoms with Crippen LogP contribution in [0.4, 0.5) is 0 Å². The lowest BCUT2D eigenvalue weighted by molar-refractivity contribution is 1.18. The van der Waals surface area contributed by atoms with E-state index in [0.29, 0.717) is 0 Å². The Labute approximate surface area is 161 Å². The van der Waals surface area contributed by atoms with Crippen molar-refractivity contribution in [1.82, 2.24) is 4.57 Å². The van der Waals surface area contributed by atoms with Crippen LogP contribution in [0.15, 0.2) is 84.9 Å². The highest BCUT2D eigenvalue weighted by molar-refractivity contribution is 7.26. The summed E-state index contributed by atoms with van der Waals surface area (Å²) in [4.78, 5) is 0. The van der Waals surface area contributed by atoms with Crippen LogP contribution in [0.1, 0.15) is 5.56 Å². The Bertz CT molecular complexity index is 1480. The smallest absolute Gasteiger partial charge is 0.0634 e. The molecule has 2 heteroatoms. The molecule has 0 saturated heterocycles. The van der Waals surface area contributed by atoms with E-state index >= 15 is 0 Å². The summed E-state index contributed by atoms with van der Waals surface area (Å²) in [5.74, 6) is 0. The van der Waals surface area contributed by atoms with E-state index in [1.807, 2.05) is 11.3 Å². The lowest BCUT2D eigenvalue weighted by Gasteiger charge is -2.09. The Morgan fingerprint density at radius 1 is 0.667 bits per heavy atom. The van der Waals surface area contributed by atoms with Crippen molar-refractivity contribution in [1.29, 1.82) is 0 Å². The van der Waals surface area contributed by atoms with Crippen LogP contribution in [0.5, 0.6) is 0 Å². The lowest BCUT2D eigenvalue weighted by Crippen LogP contribution is -1.94. The summed E-state index contributed by atoms with van der Waals surface area (Å²) in [6.07, 6.45) is 0. The van der Waals surface area contributed by atoms with Crippen LogP contribution < -0.4 is 0 Å². The van der Waals surface area contributed by atoms with Crippen LogP contribution >= 0.6 is 11.3 Å². The molecule has 0 atom stereocenters. The van der Waals surface area contributed by atoms with Crippen LogP contribution in [0.25, 0.3) is 47.7 Å². The lowest BCUT2D eigenvalue weighted by atomic mass is 10.1. The molecule has 0 aliphatic rings. The molecule has 2 heterocycles. The topological polar surface area (TPSA) is 4.93 Å². The molecule has 0 aliphatic carbocycles. The van der Waals surface area contributed by atoms with E-state index in [1.54, 1.807) is 0 Å². The molecule has 128 valence electrons. The number of para-hydroxylation sites is 1. The summed E-state index contributed by atoms with van der Waals surface area (Å²) in [5.41, 5.74) is 5.09. The summed E-state index contributed by atoms with van der Waals surface area (Å²) >= 11 is 1.88. The maximum Gasteiger partial charge on any atom is 0.0634 e. The fourth-order valence-corrected chi connectivity index (χ4v) is 5.41. The molecule has 6 aromatic rings. The second-order valence-electron chi connectivity index (χ2n) is 7.12. The molecule has 0 amide bonds. The molecule has 0 fully saturated rings. The van der Waals surface area contributed by atoms with E-state index in [1.165, 1.54) is 53.2 Å². The largest absolute Gasteiger partial charge is 0.309 e. The van der Waals surface area contributed by atoms with Gasteiger partial charge in [-0.1, -0.05) is 54.6 Å². The summed E-state index contributed by atoms with van der Waals surface area (Å²) in [5, 5.41) is 5.35. The third-order valence-electron chi connectivity index (χ3n) is 5.43. The first-order valence-electron chi connectivity index (χ1n) is 9.22. The molecule has 0 unspecified atom stereocenters. The van der Waals surface area contributed by atoms with E-state index in [0.717, 1.165) is 0 Å². The van der Waals surface area contributed by atoms with Crippen molar-refractivity contribution in [2.24, 2.45) is 0 Å². The first-order valence-corrected chi connectivity index (χ1v) is 10.0. The quantitative estimate of drug-likeness (QED) is 0.286. The van der Waals surface area contributed by atoms with E-state index in [4.69, 9.17) is 0 Å². The van der Waals surface area contributed by atoms with E-state index < -0.39 is 0 Å². The molecule has 0 spiro atoms. The Kier molecular flexibility index (Phi) is 3.03. The first kappa shape index (κ1) is 15.0. The number of rotatable bonds is 1. The van der Waals surface area contributed by atoms with Gasteiger partial charge in [-0.05, 0) is 42.8 Å². The molecule has 0 bridgehead atoms. The maximum absolute atomic E-state index is 2.44. The van der Waals surface area contributed by atoms with Crippen molar-refractivity contribution in [3.63, 3.8) is 0 Å². The van der Waals surface area contributed by atoms with Crippen LogP contribution in [0.2, 0.25) is 0 Å². The van der Waals surface area contributed by atoms with Gasteiger partial charge in [0.15, 0.2) is 0 Å². The molecule has 0 saturated carbocycles. The highest BCUT2D eigenvalue weighted by Gasteiger charge is 2.17. The number of hydrogen-bond donors (Lipinski definition) is 0. The zero-order valence-electron chi connectivity index (χ0n) is 14.9. The predicted molar refractivity (Wildman–Crippen MR) is 118 cm³/mol. The minimum absolute atomic E-state index is 1.23.